The minimum Gasteiger partial charge on any atom is -0.377 e. The first kappa shape index (κ1) is 20.8. The number of pyridine rings is 1. The van der Waals surface area contributed by atoms with Crippen LogP contribution in [0.5, 0.6) is 0 Å². The minimum absolute atomic E-state index is 0.0183. The Morgan fingerprint density at radius 3 is 1.96 bits per heavy atom. The standard InChI is InChI=1S/C19H30N2O5/c1-15-11-23-9-7-21(17(3)22)8-10-24-12-16(2)26-14-19-6-4-5-18(20-19)13-25-15/h4-6,15-16H,7-14H2,1-3H3/t15-,16-/m0/s1. The van der Waals surface area contributed by atoms with Gasteiger partial charge in [0, 0.05) is 20.0 Å². The molecule has 26 heavy (non-hydrogen) atoms. The van der Waals surface area contributed by atoms with E-state index in [1.807, 2.05) is 32.0 Å². The van der Waals surface area contributed by atoms with Gasteiger partial charge < -0.3 is 23.8 Å². The monoisotopic (exact) mass is 366 g/mol. The van der Waals surface area contributed by atoms with Crippen molar-refractivity contribution in [2.45, 2.75) is 46.2 Å². The van der Waals surface area contributed by atoms with Crippen molar-refractivity contribution >= 4 is 5.91 Å². The second-order valence-electron chi connectivity index (χ2n) is 6.52. The van der Waals surface area contributed by atoms with Gasteiger partial charge in [0.25, 0.3) is 0 Å². The SMILES string of the molecule is CC(=O)N1CCOC[C@H](C)OCc2cccc(n2)CO[C@@H](C)COCC1. The number of nitrogens with zero attached hydrogens (tertiary/aromatic N) is 2. The van der Waals surface area contributed by atoms with Gasteiger partial charge in [0.1, 0.15) is 0 Å². The Hall–Kier alpha value is -1.54. The van der Waals surface area contributed by atoms with E-state index < -0.39 is 0 Å². The molecule has 1 amide bonds. The highest BCUT2D eigenvalue weighted by molar-refractivity contribution is 5.73. The smallest absolute Gasteiger partial charge is 0.219 e. The summed E-state index contributed by atoms with van der Waals surface area (Å²) < 4.78 is 22.9. The lowest BCUT2D eigenvalue weighted by Crippen LogP contribution is -2.36. The Balaban J connectivity index is 1.95. The predicted octanol–water partition coefficient (Wildman–Crippen LogP) is 1.79. The molecule has 2 heterocycles. The molecule has 1 aromatic heterocycles. The number of carbonyl (C=O) groups is 1. The Morgan fingerprint density at radius 1 is 1.00 bits per heavy atom. The number of ether oxygens (including phenoxy) is 4. The van der Waals surface area contributed by atoms with E-state index in [9.17, 15) is 4.79 Å². The van der Waals surface area contributed by atoms with Gasteiger partial charge in [0.15, 0.2) is 0 Å². The van der Waals surface area contributed by atoms with E-state index in [0.717, 1.165) is 11.4 Å². The van der Waals surface area contributed by atoms with Crippen LogP contribution in [0.2, 0.25) is 0 Å². The highest BCUT2D eigenvalue weighted by atomic mass is 16.5. The lowest BCUT2D eigenvalue weighted by Gasteiger charge is -2.22. The molecule has 1 aliphatic heterocycles. The molecule has 2 atom stereocenters. The van der Waals surface area contributed by atoms with Gasteiger partial charge in [0.05, 0.1) is 63.2 Å². The molecular formula is C19H30N2O5. The van der Waals surface area contributed by atoms with Gasteiger partial charge in [-0.05, 0) is 26.0 Å². The van der Waals surface area contributed by atoms with Crippen LogP contribution in [-0.4, -0.2) is 67.5 Å². The molecule has 0 spiro atoms. The second kappa shape index (κ2) is 11.2. The van der Waals surface area contributed by atoms with Crippen LogP contribution in [0.25, 0.3) is 0 Å². The summed E-state index contributed by atoms with van der Waals surface area (Å²) in [5.41, 5.74) is 1.73. The third-order valence-corrected chi connectivity index (χ3v) is 4.06. The highest BCUT2D eigenvalue weighted by Crippen LogP contribution is 2.07. The van der Waals surface area contributed by atoms with E-state index in [4.69, 9.17) is 18.9 Å². The van der Waals surface area contributed by atoms with Gasteiger partial charge in [0.2, 0.25) is 5.91 Å². The van der Waals surface area contributed by atoms with Gasteiger partial charge in [-0.3, -0.25) is 9.78 Å². The first-order valence-electron chi connectivity index (χ1n) is 9.13. The number of carbonyl (C=O) groups excluding carboxylic acids is 1. The summed E-state index contributed by atoms with van der Waals surface area (Å²) >= 11 is 0. The van der Waals surface area contributed by atoms with Crippen LogP contribution in [0.4, 0.5) is 0 Å². The molecule has 0 aliphatic carbocycles. The molecule has 0 unspecified atom stereocenters. The molecule has 0 saturated heterocycles. The predicted molar refractivity (Wildman–Crippen MR) is 96.6 cm³/mol. The summed E-state index contributed by atoms with van der Waals surface area (Å²) in [7, 11) is 0. The minimum atomic E-state index is -0.0512. The van der Waals surface area contributed by atoms with E-state index in [1.165, 1.54) is 0 Å². The van der Waals surface area contributed by atoms with Crippen LogP contribution in [0.3, 0.4) is 0 Å². The van der Waals surface area contributed by atoms with Crippen molar-refractivity contribution in [2.24, 2.45) is 0 Å². The van der Waals surface area contributed by atoms with Crippen molar-refractivity contribution in [1.82, 2.24) is 9.88 Å². The number of hydrogen-bond acceptors (Lipinski definition) is 6. The van der Waals surface area contributed by atoms with Crippen molar-refractivity contribution < 1.29 is 23.7 Å². The Bertz CT molecular complexity index is 517. The fourth-order valence-corrected chi connectivity index (χ4v) is 2.52. The van der Waals surface area contributed by atoms with Gasteiger partial charge in [-0.2, -0.15) is 0 Å². The summed E-state index contributed by atoms with van der Waals surface area (Å²) in [6.45, 7) is 9.32. The molecule has 0 fully saturated rings. The zero-order valence-electron chi connectivity index (χ0n) is 16.0. The van der Waals surface area contributed by atoms with E-state index >= 15 is 0 Å². The van der Waals surface area contributed by atoms with Crippen LogP contribution in [0.15, 0.2) is 18.2 Å². The summed E-state index contributed by atoms with van der Waals surface area (Å²) in [6, 6.07) is 5.83. The topological polar surface area (TPSA) is 70.1 Å². The number of aromatic nitrogens is 1. The molecule has 146 valence electrons. The number of amides is 1. The molecule has 1 aliphatic rings. The Labute approximate surface area is 155 Å². The highest BCUT2D eigenvalue weighted by Gasteiger charge is 2.11. The number of rotatable bonds is 0. The van der Waals surface area contributed by atoms with Crippen molar-refractivity contribution in [3.05, 3.63) is 29.6 Å². The zero-order valence-corrected chi connectivity index (χ0v) is 16.0. The molecule has 2 bridgehead atoms. The third-order valence-electron chi connectivity index (χ3n) is 4.06. The normalized spacial score (nSPS) is 24.5. The molecule has 0 aromatic carbocycles. The first-order valence-corrected chi connectivity index (χ1v) is 9.13. The molecule has 0 saturated carbocycles. The van der Waals surface area contributed by atoms with Crippen LogP contribution in [0, 0.1) is 0 Å². The summed E-state index contributed by atoms with van der Waals surface area (Å²) in [6.07, 6.45) is -0.102. The fourth-order valence-electron chi connectivity index (χ4n) is 2.52. The Morgan fingerprint density at radius 2 is 1.50 bits per heavy atom. The first-order chi connectivity index (χ1) is 12.5. The molecule has 1 aromatic rings. The van der Waals surface area contributed by atoms with Gasteiger partial charge in [-0.25, -0.2) is 0 Å². The molecule has 0 radical (unpaired) electrons. The largest absolute Gasteiger partial charge is 0.377 e. The molecule has 7 nitrogen and oxygen atoms in total. The quantitative estimate of drug-likeness (QED) is 0.697. The van der Waals surface area contributed by atoms with Gasteiger partial charge in [-0.1, -0.05) is 6.07 Å². The fraction of sp³-hybridized carbons (Fsp3) is 0.684. The van der Waals surface area contributed by atoms with Crippen molar-refractivity contribution in [1.29, 1.82) is 0 Å². The van der Waals surface area contributed by atoms with E-state index in [1.54, 1.807) is 11.8 Å². The van der Waals surface area contributed by atoms with E-state index in [0.29, 0.717) is 52.7 Å². The second-order valence-corrected chi connectivity index (χ2v) is 6.52. The molecule has 7 heteroatoms. The maximum atomic E-state index is 11.7. The average Bonchev–Trinajstić information content (AvgIpc) is 2.62. The van der Waals surface area contributed by atoms with Gasteiger partial charge >= 0.3 is 0 Å². The maximum absolute atomic E-state index is 11.7. The number of fused-ring (bicyclic) bond motifs is 2. The van der Waals surface area contributed by atoms with Crippen molar-refractivity contribution in [3.63, 3.8) is 0 Å². The zero-order chi connectivity index (χ0) is 18.8. The van der Waals surface area contributed by atoms with Crippen molar-refractivity contribution in [3.8, 4) is 0 Å². The van der Waals surface area contributed by atoms with Gasteiger partial charge in [-0.15, -0.1) is 0 Å². The summed E-state index contributed by atoms with van der Waals surface area (Å²) in [4.78, 5) is 18.0. The summed E-state index contributed by atoms with van der Waals surface area (Å²) in [5.74, 6) is 0.0183. The van der Waals surface area contributed by atoms with E-state index in [2.05, 4.69) is 4.98 Å². The van der Waals surface area contributed by atoms with Crippen molar-refractivity contribution in [2.75, 3.05) is 39.5 Å². The molecule has 2 rings (SSSR count). The molecular weight excluding hydrogens is 336 g/mol. The van der Waals surface area contributed by atoms with Crippen LogP contribution in [0.1, 0.15) is 32.2 Å². The average molecular weight is 366 g/mol. The molecule has 0 N–H and O–H groups in total. The van der Waals surface area contributed by atoms with Crippen LogP contribution < -0.4 is 0 Å². The number of hydrogen-bond donors (Lipinski definition) is 0. The lowest BCUT2D eigenvalue weighted by molar-refractivity contribution is -0.130. The van der Waals surface area contributed by atoms with E-state index in [-0.39, 0.29) is 18.1 Å². The summed E-state index contributed by atoms with van der Waals surface area (Å²) in [5, 5.41) is 0. The third kappa shape index (κ3) is 7.78. The van der Waals surface area contributed by atoms with Crippen LogP contribution in [-0.2, 0) is 37.0 Å². The van der Waals surface area contributed by atoms with Crippen LogP contribution >= 0.6 is 0 Å². The Kier molecular flexibility index (Phi) is 8.97. The maximum Gasteiger partial charge on any atom is 0.219 e. The lowest BCUT2D eigenvalue weighted by atomic mass is 10.3.